The molecular formula is C19H17NO4S. The second kappa shape index (κ2) is 6.66. The highest BCUT2D eigenvalue weighted by molar-refractivity contribution is 7.89. The summed E-state index contributed by atoms with van der Waals surface area (Å²) in [6.45, 7) is 0. The maximum atomic E-state index is 12.4. The van der Waals surface area contributed by atoms with Crippen LogP contribution in [0.2, 0.25) is 0 Å². The van der Waals surface area contributed by atoms with E-state index in [9.17, 15) is 13.2 Å². The third-order valence-electron chi connectivity index (χ3n) is 3.78. The molecule has 0 saturated heterocycles. The Morgan fingerprint density at radius 1 is 0.880 bits per heavy atom. The molecule has 3 aromatic carbocycles. The van der Waals surface area contributed by atoms with Crippen LogP contribution in [0.3, 0.4) is 0 Å². The number of sulfonamides is 1. The highest BCUT2D eigenvalue weighted by atomic mass is 32.2. The standard InChI is InChI=1S/C19H17NO4S/c1-20(2)25(22,23)18-9-5-8-16(13-18)19(21)24-17-11-10-14-6-3-4-7-15(14)12-17/h3-13H,1-2H3. The normalized spacial score (nSPS) is 11.6. The van der Waals surface area contributed by atoms with Gasteiger partial charge in [-0.25, -0.2) is 17.5 Å². The van der Waals surface area contributed by atoms with Gasteiger partial charge in [0.25, 0.3) is 0 Å². The highest BCUT2D eigenvalue weighted by Gasteiger charge is 2.19. The minimum absolute atomic E-state index is 0.0467. The molecular weight excluding hydrogens is 338 g/mol. The average Bonchev–Trinajstić information content (AvgIpc) is 2.61. The van der Waals surface area contributed by atoms with Crippen LogP contribution < -0.4 is 4.74 Å². The van der Waals surface area contributed by atoms with Crippen molar-refractivity contribution >= 4 is 26.8 Å². The van der Waals surface area contributed by atoms with Crippen LogP contribution in [0.15, 0.2) is 71.6 Å². The number of ether oxygens (including phenoxy) is 1. The molecule has 0 fully saturated rings. The van der Waals surface area contributed by atoms with Crippen molar-refractivity contribution in [3.63, 3.8) is 0 Å². The fourth-order valence-electron chi connectivity index (χ4n) is 2.39. The molecule has 0 aromatic heterocycles. The van der Waals surface area contributed by atoms with Crippen LogP contribution in [0, 0.1) is 0 Å². The van der Waals surface area contributed by atoms with Gasteiger partial charge >= 0.3 is 5.97 Å². The van der Waals surface area contributed by atoms with Gasteiger partial charge in [0, 0.05) is 14.1 Å². The van der Waals surface area contributed by atoms with Crippen molar-refractivity contribution in [3.05, 3.63) is 72.3 Å². The molecule has 6 heteroatoms. The lowest BCUT2D eigenvalue weighted by atomic mass is 10.1. The molecule has 0 aliphatic heterocycles. The Balaban J connectivity index is 1.88. The van der Waals surface area contributed by atoms with E-state index >= 15 is 0 Å². The summed E-state index contributed by atoms with van der Waals surface area (Å²) in [5.74, 6) is -0.198. The third-order valence-corrected chi connectivity index (χ3v) is 5.59. The van der Waals surface area contributed by atoms with E-state index in [4.69, 9.17) is 4.74 Å². The minimum atomic E-state index is -3.61. The number of hydrogen-bond acceptors (Lipinski definition) is 4. The van der Waals surface area contributed by atoms with Crippen molar-refractivity contribution < 1.29 is 17.9 Å². The lowest BCUT2D eigenvalue weighted by Crippen LogP contribution is -2.22. The number of hydrogen-bond donors (Lipinski definition) is 0. The molecule has 0 aliphatic carbocycles. The van der Waals surface area contributed by atoms with E-state index in [1.54, 1.807) is 12.1 Å². The van der Waals surface area contributed by atoms with Crippen LogP contribution in [-0.4, -0.2) is 32.8 Å². The van der Waals surface area contributed by atoms with Crippen LogP contribution in [0.5, 0.6) is 5.75 Å². The zero-order valence-corrected chi connectivity index (χ0v) is 14.7. The summed E-state index contributed by atoms with van der Waals surface area (Å²) in [5, 5.41) is 2.00. The summed E-state index contributed by atoms with van der Waals surface area (Å²) >= 11 is 0. The molecule has 0 unspecified atom stereocenters. The lowest BCUT2D eigenvalue weighted by Gasteiger charge is -2.12. The van der Waals surface area contributed by atoms with E-state index in [0.717, 1.165) is 15.1 Å². The summed E-state index contributed by atoms with van der Waals surface area (Å²) in [4.78, 5) is 12.4. The second-order valence-electron chi connectivity index (χ2n) is 5.71. The first-order valence-corrected chi connectivity index (χ1v) is 9.05. The predicted molar refractivity (Wildman–Crippen MR) is 96.2 cm³/mol. The van der Waals surface area contributed by atoms with Crippen molar-refractivity contribution in [1.82, 2.24) is 4.31 Å². The Labute approximate surface area is 146 Å². The summed E-state index contributed by atoms with van der Waals surface area (Å²) < 4.78 is 30.9. The van der Waals surface area contributed by atoms with Crippen LogP contribution in [0.25, 0.3) is 10.8 Å². The Kier molecular flexibility index (Phi) is 4.57. The summed E-state index contributed by atoms with van der Waals surface area (Å²) in [6, 6.07) is 18.9. The van der Waals surface area contributed by atoms with Gasteiger partial charge in [-0.05, 0) is 41.1 Å². The van der Waals surface area contributed by atoms with Crippen molar-refractivity contribution in [2.24, 2.45) is 0 Å². The maximum absolute atomic E-state index is 12.4. The summed E-state index contributed by atoms with van der Waals surface area (Å²) in [5.41, 5.74) is 0.177. The van der Waals surface area contributed by atoms with E-state index < -0.39 is 16.0 Å². The molecule has 0 amide bonds. The van der Waals surface area contributed by atoms with Gasteiger partial charge in [0.05, 0.1) is 10.5 Å². The number of benzene rings is 3. The second-order valence-corrected chi connectivity index (χ2v) is 7.87. The van der Waals surface area contributed by atoms with E-state index in [0.29, 0.717) is 5.75 Å². The molecule has 0 radical (unpaired) electrons. The number of carbonyl (C=O) groups excluding carboxylic acids is 1. The van der Waals surface area contributed by atoms with Gasteiger partial charge in [0.1, 0.15) is 5.75 Å². The molecule has 3 rings (SSSR count). The van der Waals surface area contributed by atoms with Gasteiger partial charge in [-0.2, -0.15) is 0 Å². The predicted octanol–water partition coefficient (Wildman–Crippen LogP) is 3.31. The fourth-order valence-corrected chi connectivity index (χ4v) is 3.34. The summed E-state index contributed by atoms with van der Waals surface area (Å²) in [7, 11) is -0.729. The SMILES string of the molecule is CN(C)S(=O)(=O)c1cccc(C(=O)Oc2ccc3ccccc3c2)c1. The quantitative estimate of drug-likeness (QED) is 0.532. The number of nitrogens with zero attached hydrogens (tertiary/aromatic N) is 1. The Morgan fingerprint density at radius 3 is 2.32 bits per heavy atom. The van der Waals surface area contributed by atoms with Crippen LogP contribution in [0.1, 0.15) is 10.4 Å². The van der Waals surface area contributed by atoms with Gasteiger partial charge in [-0.15, -0.1) is 0 Å². The van der Waals surface area contributed by atoms with E-state index in [-0.39, 0.29) is 10.5 Å². The number of esters is 1. The number of carbonyl (C=O) groups is 1. The van der Waals surface area contributed by atoms with Gasteiger partial charge in [0.15, 0.2) is 0 Å². The molecule has 0 heterocycles. The molecule has 0 bridgehead atoms. The van der Waals surface area contributed by atoms with Crippen LogP contribution in [0.4, 0.5) is 0 Å². The molecule has 25 heavy (non-hydrogen) atoms. The van der Waals surface area contributed by atoms with Crippen molar-refractivity contribution in [1.29, 1.82) is 0 Å². The zero-order chi connectivity index (χ0) is 18.0. The average molecular weight is 355 g/mol. The van der Waals surface area contributed by atoms with Crippen molar-refractivity contribution in [3.8, 4) is 5.75 Å². The fraction of sp³-hybridized carbons (Fsp3) is 0.105. The number of rotatable bonds is 4. The van der Waals surface area contributed by atoms with Crippen molar-refractivity contribution in [2.45, 2.75) is 4.90 Å². The topological polar surface area (TPSA) is 63.7 Å². The largest absolute Gasteiger partial charge is 0.423 e. The maximum Gasteiger partial charge on any atom is 0.343 e. The third kappa shape index (κ3) is 3.55. The van der Waals surface area contributed by atoms with Gasteiger partial charge in [0.2, 0.25) is 10.0 Å². The molecule has 0 spiro atoms. The smallest absolute Gasteiger partial charge is 0.343 e. The summed E-state index contributed by atoms with van der Waals surface area (Å²) in [6.07, 6.45) is 0. The van der Waals surface area contributed by atoms with Crippen LogP contribution >= 0.6 is 0 Å². The first kappa shape index (κ1) is 17.1. The minimum Gasteiger partial charge on any atom is -0.423 e. The molecule has 5 nitrogen and oxygen atoms in total. The van der Waals surface area contributed by atoms with E-state index in [2.05, 4.69) is 0 Å². The van der Waals surface area contributed by atoms with Crippen LogP contribution in [-0.2, 0) is 10.0 Å². The zero-order valence-electron chi connectivity index (χ0n) is 13.8. The highest BCUT2D eigenvalue weighted by Crippen LogP contribution is 2.22. The molecule has 0 N–H and O–H groups in total. The molecule has 128 valence electrons. The molecule has 0 saturated carbocycles. The van der Waals surface area contributed by atoms with Gasteiger partial charge < -0.3 is 4.74 Å². The lowest BCUT2D eigenvalue weighted by molar-refractivity contribution is 0.0734. The first-order chi connectivity index (χ1) is 11.9. The Bertz CT molecular complexity index is 1040. The molecule has 3 aromatic rings. The van der Waals surface area contributed by atoms with E-state index in [1.165, 1.54) is 38.4 Å². The Morgan fingerprint density at radius 2 is 1.60 bits per heavy atom. The first-order valence-electron chi connectivity index (χ1n) is 7.61. The molecule has 0 atom stereocenters. The Hall–Kier alpha value is -2.70. The molecule has 0 aliphatic rings. The van der Waals surface area contributed by atoms with Gasteiger partial charge in [-0.3, -0.25) is 0 Å². The van der Waals surface area contributed by atoms with Crippen molar-refractivity contribution in [2.75, 3.05) is 14.1 Å². The van der Waals surface area contributed by atoms with E-state index in [1.807, 2.05) is 30.3 Å². The monoisotopic (exact) mass is 355 g/mol. The number of fused-ring (bicyclic) bond motifs is 1. The van der Waals surface area contributed by atoms with Gasteiger partial charge in [-0.1, -0.05) is 36.4 Å².